The smallest absolute Gasteiger partial charge is 0.330 e. The van der Waals surface area contributed by atoms with Crippen molar-refractivity contribution in [1.29, 1.82) is 0 Å². The molecule has 1 aliphatic heterocycles. The van der Waals surface area contributed by atoms with E-state index in [1.165, 1.54) is 20.6 Å². The number of hydrogen-bond acceptors (Lipinski definition) is 5. The van der Waals surface area contributed by atoms with Gasteiger partial charge in [-0.2, -0.15) is 0 Å². The zero-order valence-corrected chi connectivity index (χ0v) is 19.4. The Kier molecular flexibility index (Phi) is 7.77. The minimum Gasteiger partial charge on any atom is -0.383 e. The van der Waals surface area contributed by atoms with E-state index in [2.05, 4.69) is 35.0 Å². The molecule has 3 rings (SSSR count). The second-order valence-corrected chi connectivity index (χ2v) is 8.55. The number of carbonyl (C=O) groups excluding carboxylic acids is 1. The molecule has 1 amide bonds. The average molecular weight is 442 g/mol. The predicted octanol–water partition coefficient (Wildman–Crippen LogP) is 2.81. The van der Waals surface area contributed by atoms with Crippen molar-refractivity contribution in [1.82, 2.24) is 9.55 Å². The molecule has 0 radical (unpaired) electrons. The Hall–Kier alpha value is -3.03. The molecule has 2 aromatic rings. The fraction of sp³-hybridized carbons (Fsp3) is 0.542. The number of carbonyl (C=O) groups is 1. The van der Waals surface area contributed by atoms with Crippen LogP contribution in [-0.2, 0) is 17.8 Å². The first kappa shape index (κ1) is 23.6. The number of amides is 1. The van der Waals surface area contributed by atoms with Gasteiger partial charge in [0.15, 0.2) is 5.69 Å². The normalized spacial score (nSPS) is 13.2. The molecule has 1 aliphatic rings. The Bertz CT molecular complexity index is 1070. The molecule has 174 valence electrons. The van der Waals surface area contributed by atoms with Crippen LogP contribution in [0.4, 0.5) is 17.2 Å². The maximum Gasteiger partial charge on any atom is 0.330 e. The average Bonchev–Trinajstić information content (AvgIpc) is 2.75. The Morgan fingerprint density at radius 1 is 1.19 bits per heavy atom. The van der Waals surface area contributed by atoms with Crippen molar-refractivity contribution in [3.63, 3.8) is 0 Å². The number of nitrogen functional groups attached to an aromatic ring is 1. The number of hydrogen-bond donors (Lipinski definition) is 2. The van der Waals surface area contributed by atoms with Crippen molar-refractivity contribution in [2.75, 3.05) is 35.2 Å². The van der Waals surface area contributed by atoms with Gasteiger partial charge in [0.2, 0.25) is 5.91 Å². The van der Waals surface area contributed by atoms with Gasteiger partial charge in [0.05, 0.1) is 6.54 Å². The number of aromatic nitrogens is 2. The van der Waals surface area contributed by atoms with Gasteiger partial charge >= 0.3 is 5.69 Å². The summed E-state index contributed by atoms with van der Waals surface area (Å²) < 4.78 is 1.37. The second kappa shape index (κ2) is 10.5. The summed E-state index contributed by atoms with van der Waals surface area (Å²) in [7, 11) is 0. The monoisotopic (exact) mass is 441 g/mol. The number of anilines is 3. The third-order valence-corrected chi connectivity index (χ3v) is 6.03. The Morgan fingerprint density at radius 2 is 1.94 bits per heavy atom. The SMILES string of the molecule is CCCCN(C(=O)CN1CCCc2cc(C)ccc21)c1c(N)n(CCCC)c(=O)[nH]c1=O. The van der Waals surface area contributed by atoms with E-state index in [4.69, 9.17) is 5.73 Å². The summed E-state index contributed by atoms with van der Waals surface area (Å²) in [5.41, 5.74) is 8.75. The lowest BCUT2D eigenvalue weighted by atomic mass is 9.99. The van der Waals surface area contributed by atoms with Crippen LogP contribution in [0, 0.1) is 6.92 Å². The quantitative estimate of drug-likeness (QED) is 0.623. The van der Waals surface area contributed by atoms with E-state index < -0.39 is 11.2 Å². The first-order chi connectivity index (χ1) is 15.4. The lowest BCUT2D eigenvalue weighted by Gasteiger charge is -2.33. The summed E-state index contributed by atoms with van der Waals surface area (Å²) >= 11 is 0. The van der Waals surface area contributed by atoms with E-state index >= 15 is 0 Å². The summed E-state index contributed by atoms with van der Waals surface area (Å²) in [5.74, 6) is -0.129. The maximum atomic E-state index is 13.5. The van der Waals surface area contributed by atoms with Gasteiger partial charge in [-0.25, -0.2) is 4.79 Å². The van der Waals surface area contributed by atoms with Gasteiger partial charge in [0.1, 0.15) is 5.82 Å². The van der Waals surface area contributed by atoms with Crippen molar-refractivity contribution in [3.8, 4) is 0 Å². The zero-order chi connectivity index (χ0) is 23.3. The van der Waals surface area contributed by atoms with Crippen LogP contribution in [0.2, 0.25) is 0 Å². The van der Waals surface area contributed by atoms with Gasteiger partial charge in [0.25, 0.3) is 5.56 Å². The van der Waals surface area contributed by atoms with E-state index in [0.29, 0.717) is 13.1 Å². The molecule has 0 bridgehead atoms. The second-order valence-electron chi connectivity index (χ2n) is 8.55. The number of H-pyrrole nitrogens is 1. The van der Waals surface area contributed by atoms with Crippen LogP contribution in [0.25, 0.3) is 0 Å². The van der Waals surface area contributed by atoms with E-state index in [9.17, 15) is 14.4 Å². The van der Waals surface area contributed by atoms with Crippen molar-refractivity contribution >= 4 is 23.1 Å². The van der Waals surface area contributed by atoms with E-state index in [1.807, 2.05) is 13.8 Å². The molecule has 2 heterocycles. The van der Waals surface area contributed by atoms with Gasteiger partial charge in [0, 0.05) is 25.3 Å². The van der Waals surface area contributed by atoms with E-state index in [-0.39, 0.29) is 24.0 Å². The van der Waals surface area contributed by atoms with Crippen LogP contribution in [0.3, 0.4) is 0 Å². The lowest BCUT2D eigenvalue weighted by molar-refractivity contribution is -0.117. The van der Waals surface area contributed by atoms with Gasteiger partial charge in [-0.15, -0.1) is 0 Å². The van der Waals surface area contributed by atoms with Crippen LogP contribution in [0.15, 0.2) is 27.8 Å². The van der Waals surface area contributed by atoms with Gasteiger partial charge in [-0.3, -0.25) is 19.1 Å². The largest absolute Gasteiger partial charge is 0.383 e. The van der Waals surface area contributed by atoms with Crippen LogP contribution < -0.4 is 26.8 Å². The minimum absolute atomic E-state index is 0.0614. The number of benzene rings is 1. The predicted molar refractivity (Wildman–Crippen MR) is 130 cm³/mol. The van der Waals surface area contributed by atoms with Crippen molar-refractivity contribution in [3.05, 3.63) is 50.2 Å². The third kappa shape index (κ3) is 5.06. The molecule has 8 heteroatoms. The topological polar surface area (TPSA) is 104 Å². The molecule has 32 heavy (non-hydrogen) atoms. The third-order valence-electron chi connectivity index (χ3n) is 6.03. The molecule has 0 aliphatic carbocycles. The Labute approximate surface area is 189 Å². The molecule has 0 spiro atoms. The zero-order valence-electron chi connectivity index (χ0n) is 19.4. The highest BCUT2D eigenvalue weighted by Gasteiger charge is 2.27. The highest BCUT2D eigenvalue weighted by atomic mass is 16.2. The summed E-state index contributed by atoms with van der Waals surface area (Å²) in [6.07, 6.45) is 5.20. The number of nitrogens with one attached hydrogen (secondary N) is 1. The van der Waals surface area contributed by atoms with Crippen LogP contribution >= 0.6 is 0 Å². The molecular formula is C24H35N5O3. The standard InChI is InChI=1S/C24H35N5O3/c1-4-6-13-28(21-22(25)29(14-7-5-2)24(32)26-23(21)31)20(30)16-27-12-8-9-18-15-17(3)10-11-19(18)27/h10-11,15H,4-9,12-14,16,25H2,1-3H3,(H,26,31,32). The maximum absolute atomic E-state index is 13.5. The summed E-state index contributed by atoms with van der Waals surface area (Å²) in [4.78, 5) is 44.5. The number of nitrogens with two attached hydrogens (primary N) is 1. The molecule has 0 saturated heterocycles. The molecule has 3 N–H and O–H groups in total. The fourth-order valence-electron chi connectivity index (χ4n) is 4.27. The minimum atomic E-state index is -0.612. The number of aryl methyl sites for hydroxylation is 2. The highest BCUT2D eigenvalue weighted by molar-refractivity contribution is 5.98. The van der Waals surface area contributed by atoms with Crippen LogP contribution in [0.1, 0.15) is 57.1 Å². The molecule has 8 nitrogen and oxygen atoms in total. The molecule has 1 aromatic heterocycles. The van der Waals surface area contributed by atoms with Crippen LogP contribution in [-0.4, -0.2) is 35.1 Å². The number of fused-ring (bicyclic) bond motifs is 1. The Balaban J connectivity index is 1.95. The molecule has 0 saturated carbocycles. The first-order valence-corrected chi connectivity index (χ1v) is 11.6. The summed E-state index contributed by atoms with van der Waals surface area (Å²) in [5, 5.41) is 0. The number of rotatable bonds is 9. The number of aromatic amines is 1. The molecule has 1 aromatic carbocycles. The molecule has 0 unspecified atom stereocenters. The van der Waals surface area contributed by atoms with Gasteiger partial charge in [-0.05, 0) is 44.2 Å². The fourth-order valence-corrected chi connectivity index (χ4v) is 4.27. The summed E-state index contributed by atoms with van der Waals surface area (Å²) in [6, 6.07) is 6.30. The highest BCUT2D eigenvalue weighted by Crippen LogP contribution is 2.28. The van der Waals surface area contributed by atoms with Gasteiger partial charge in [-0.1, -0.05) is 44.4 Å². The van der Waals surface area contributed by atoms with Crippen molar-refractivity contribution in [2.24, 2.45) is 0 Å². The molecule has 0 fully saturated rings. The van der Waals surface area contributed by atoms with E-state index in [1.54, 1.807) is 0 Å². The van der Waals surface area contributed by atoms with Gasteiger partial charge < -0.3 is 15.5 Å². The molecular weight excluding hydrogens is 406 g/mol. The van der Waals surface area contributed by atoms with Crippen molar-refractivity contribution < 1.29 is 4.79 Å². The van der Waals surface area contributed by atoms with E-state index in [0.717, 1.165) is 50.8 Å². The first-order valence-electron chi connectivity index (χ1n) is 11.6. The number of unbranched alkanes of at least 4 members (excludes halogenated alkanes) is 2. The lowest BCUT2D eigenvalue weighted by Crippen LogP contribution is -2.46. The Morgan fingerprint density at radius 3 is 2.66 bits per heavy atom. The summed E-state index contributed by atoms with van der Waals surface area (Å²) in [6.45, 7) is 7.84. The van der Waals surface area contributed by atoms with Crippen molar-refractivity contribution in [2.45, 2.75) is 65.8 Å². The number of nitrogens with zero attached hydrogens (tertiary/aromatic N) is 3. The molecule has 0 atom stereocenters. The van der Waals surface area contributed by atoms with Crippen LogP contribution in [0.5, 0.6) is 0 Å².